The molecule has 0 saturated heterocycles. The first kappa shape index (κ1) is 11.3. The number of nitrogens with one attached hydrogen (secondary N) is 1. The van der Waals surface area contributed by atoms with Gasteiger partial charge in [-0.15, -0.1) is 0 Å². The Morgan fingerprint density at radius 2 is 2.35 bits per heavy atom. The number of hydrogen-bond donors (Lipinski definition) is 1. The SMILES string of the molecule is COc1ccc(Cc2[nH]ncc2C=O)c(F)c1. The van der Waals surface area contributed by atoms with Gasteiger partial charge in [0.15, 0.2) is 6.29 Å². The molecule has 5 heteroatoms. The van der Waals surface area contributed by atoms with Crippen molar-refractivity contribution in [2.75, 3.05) is 7.11 Å². The number of carbonyl (C=O) groups excluding carboxylic acids is 1. The van der Waals surface area contributed by atoms with E-state index in [1.54, 1.807) is 12.1 Å². The monoisotopic (exact) mass is 234 g/mol. The van der Waals surface area contributed by atoms with E-state index in [0.717, 1.165) is 0 Å². The number of ether oxygens (including phenoxy) is 1. The van der Waals surface area contributed by atoms with Crippen LogP contribution in [0.2, 0.25) is 0 Å². The number of methoxy groups -OCH3 is 1. The molecule has 0 aliphatic rings. The number of H-pyrrole nitrogens is 1. The molecule has 0 atom stereocenters. The Bertz CT molecular complexity index is 537. The van der Waals surface area contributed by atoms with Crippen LogP contribution in [0.15, 0.2) is 24.4 Å². The lowest BCUT2D eigenvalue weighted by Crippen LogP contribution is -1.97. The summed E-state index contributed by atoms with van der Waals surface area (Å²) in [6.07, 6.45) is 2.41. The normalized spacial score (nSPS) is 10.2. The second kappa shape index (κ2) is 4.78. The molecule has 2 aromatic rings. The second-order valence-corrected chi connectivity index (χ2v) is 3.56. The molecule has 0 aliphatic heterocycles. The van der Waals surface area contributed by atoms with Gasteiger partial charge < -0.3 is 4.74 Å². The number of carbonyl (C=O) groups is 1. The highest BCUT2D eigenvalue weighted by molar-refractivity contribution is 5.76. The number of benzene rings is 1. The highest BCUT2D eigenvalue weighted by Gasteiger charge is 2.09. The van der Waals surface area contributed by atoms with Crippen LogP contribution in [0.5, 0.6) is 5.75 Å². The Balaban J connectivity index is 2.27. The number of aldehydes is 1. The first-order valence-corrected chi connectivity index (χ1v) is 5.04. The predicted octanol–water partition coefficient (Wildman–Crippen LogP) is 1.96. The first-order chi connectivity index (χ1) is 8.24. The topological polar surface area (TPSA) is 55.0 Å². The van der Waals surface area contributed by atoms with Crippen LogP contribution in [0.3, 0.4) is 0 Å². The lowest BCUT2D eigenvalue weighted by Gasteiger charge is -2.04. The van der Waals surface area contributed by atoms with Crippen molar-refractivity contribution in [1.82, 2.24) is 10.2 Å². The van der Waals surface area contributed by atoms with Crippen LogP contribution in [0.25, 0.3) is 0 Å². The van der Waals surface area contributed by atoms with E-state index in [2.05, 4.69) is 10.2 Å². The number of aromatic amines is 1. The summed E-state index contributed by atoms with van der Waals surface area (Å²) in [7, 11) is 1.48. The third kappa shape index (κ3) is 2.33. The van der Waals surface area contributed by atoms with Crippen molar-refractivity contribution < 1.29 is 13.9 Å². The molecule has 1 heterocycles. The van der Waals surface area contributed by atoms with Crippen molar-refractivity contribution >= 4 is 6.29 Å². The summed E-state index contributed by atoms with van der Waals surface area (Å²) >= 11 is 0. The van der Waals surface area contributed by atoms with Crippen molar-refractivity contribution in [3.8, 4) is 5.75 Å². The summed E-state index contributed by atoms with van der Waals surface area (Å²) in [5.41, 5.74) is 1.53. The van der Waals surface area contributed by atoms with Gasteiger partial charge in [0.1, 0.15) is 11.6 Å². The van der Waals surface area contributed by atoms with Crippen LogP contribution in [0.1, 0.15) is 21.6 Å². The Morgan fingerprint density at radius 3 is 3.00 bits per heavy atom. The molecule has 0 radical (unpaired) electrons. The number of rotatable bonds is 4. The highest BCUT2D eigenvalue weighted by Crippen LogP contribution is 2.19. The van der Waals surface area contributed by atoms with Crippen LogP contribution in [0, 0.1) is 5.82 Å². The van der Waals surface area contributed by atoms with Crippen molar-refractivity contribution in [3.63, 3.8) is 0 Å². The van der Waals surface area contributed by atoms with E-state index in [4.69, 9.17) is 4.74 Å². The van der Waals surface area contributed by atoms with E-state index in [9.17, 15) is 9.18 Å². The van der Waals surface area contributed by atoms with Gasteiger partial charge in [-0.25, -0.2) is 4.39 Å². The second-order valence-electron chi connectivity index (χ2n) is 3.56. The van der Waals surface area contributed by atoms with Gasteiger partial charge in [-0.1, -0.05) is 6.07 Å². The molecule has 17 heavy (non-hydrogen) atoms. The minimum Gasteiger partial charge on any atom is -0.497 e. The average Bonchev–Trinajstić information content (AvgIpc) is 2.79. The summed E-state index contributed by atoms with van der Waals surface area (Å²) in [6.45, 7) is 0. The van der Waals surface area contributed by atoms with E-state index < -0.39 is 0 Å². The molecule has 0 saturated carbocycles. The number of hydrogen-bond acceptors (Lipinski definition) is 3. The van der Waals surface area contributed by atoms with Gasteiger partial charge in [-0.05, 0) is 11.6 Å². The zero-order chi connectivity index (χ0) is 12.3. The molecule has 1 aromatic carbocycles. The largest absolute Gasteiger partial charge is 0.497 e. The smallest absolute Gasteiger partial charge is 0.153 e. The molecule has 4 nitrogen and oxygen atoms in total. The van der Waals surface area contributed by atoms with E-state index in [1.165, 1.54) is 19.4 Å². The lowest BCUT2D eigenvalue weighted by molar-refractivity contribution is 0.112. The summed E-state index contributed by atoms with van der Waals surface area (Å²) in [5, 5.41) is 6.43. The fraction of sp³-hybridized carbons (Fsp3) is 0.167. The van der Waals surface area contributed by atoms with E-state index >= 15 is 0 Å². The van der Waals surface area contributed by atoms with Gasteiger partial charge in [-0.2, -0.15) is 5.10 Å². The highest BCUT2D eigenvalue weighted by atomic mass is 19.1. The van der Waals surface area contributed by atoms with Gasteiger partial charge in [-0.3, -0.25) is 9.89 Å². The van der Waals surface area contributed by atoms with Crippen molar-refractivity contribution in [1.29, 1.82) is 0 Å². The lowest BCUT2D eigenvalue weighted by atomic mass is 10.1. The predicted molar refractivity (Wildman–Crippen MR) is 59.7 cm³/mol. The molecule has 0 bridgehead atoms. The van der Waals surface area contributed by atoms with Gasteiger partial charge in [0.2, 0.25) is 0 Å². The zero-order valence-electron chi connectivity index (χ0n) is 9.24. The number of nitrogens with zero attached hydrogens (tertiary/aromatic N) is 1. The van der Waals surface area contributed by atoms with Crippen LogP contribution in [0.4, 0.5) is 4.39 Å². The maximum absolute atomic E-state index is 13.7. The van der Waals surface area contributed by atoms with E-state index in [0.29, 0.717) is 35.3 Å². The molecule has 2 rings (SSSR count). The van der Waals surface area contributed by atoms with Gasteiger partial charge in [0.25, 0.3) is 0 Å². The Hall–Kier alpha value is -2.17. The fourth-order valence-corrected chi connectivity index (χ4v) is 1.55. The first-order valence-electron chi connectivity index (χ1n) is 5.04. The molecular formula is C12H11FN2O2. The molecular weight excluding hydrogens is 223 g/mol. The maximum atomic E-state index is 13.7. The Kier molecular flexibility index (Phi) is 3.18. The maximum Gasteiger partial charge on any atom is 0.153 e. The molecule has 88 valence electrons. The Labute approximate surface area is 97.4 Å². The molecule has 0 amide bonds. The number of halogens is 1. The minimum atomic E-state index is -0.365. The van der Waals surface area contributed by atoms with Gasteiger partial charge >= 0.3 is 0 Å². The van der Waals surface area contributed by atoms with Crippen molar-refractivity contribution in [2.45, 2.75) is 6.42 Å². The average molecular weight is 234 g/mol. The molecule has 0 spiro atoms. The van der Waals surface area contributed by atoms with E-state index in [1.807, 2.05) is 0 Å². The van der Waals surface area contributed by atoms with Crippen molar-refractivity contribution in [3.05, 3.63) is 47.0 Å². The third-order valence-electron chi connectivity index (χ3n) is 2.51. The summed E-state index contributed by atoms with van der Waals surface area (Å²) in [4.78, 5) is 10.7. The van der Waals surface area contributed by atoms with Gasteiger partial charge in [0.05, 0.1) is 24.6 Å². The summed E-state index contributed by atoms with van der Waals surface area (Å²) in [6, 6.07) is 4.62. The molecule has 1 aromatic heterocycles. The minimum absolute atomic E-state index is 0.296. The quantitative estimate of drug-likeness (QED) is 0.823. The summed E-state index contributed by atoms with van der Waals surface area (Å²) < 4.78 is 18.6. The Morgan fingerprint density at radius 1 is 1.53 bits per heavy atom. The van der Waals surface area contributed by atoms with Crippen LogP contribution in [-0.2, 0) is 6.42 Å². The van der Waals surface area contributed by atoms with Gasteiger partial charge in [0, 0.05) is 12.5 Å². The fourth-order valence-electron chi connectivity index (χ4n) is 1.55. The third-order valence-corrected chi connectivity index (χ3v) is 2.51. The van der Waals surface area contributed by atoms with Crippen molar-refractivity contribution in [2.24, 2.45) is 0 Å². The zero-order valence-corrected chi connectivity index (χ0v) is 9.24. The molecule has 0 aliphatic carbocycles. The molecule has 0 fully saturated rings. The molecule has 0 unspecified atom stereocenters. The van der Waals surface area contributed by atoms with Crippen LogP contribution >= 0.6 is 0 Å². The van der Waals surface area contributed by atoms with Crippen LogP contribution in [-0.4, -0.2) is 23.6 Å². The summed E-state index contributed by atoms with van der Waals surface area (Å²) in [5.74, 6) is 0.0993. The van der Waals surface area contributed by atoms with E-state index in [-0.39, 0.29) is 5.82 Å². The standard InChI is InChI=1S/C12H11FN2O2/c1-17-10-3-2-8(11(13)5-10)4-12-9(7-16)6-14-15-12/h2-3,5-7H,4H2,1H3,(H,14,15). The molecule has 1 N–H and O–H groups in total. The number of aromatic nitrogens is 2. The van der Waals surface area contributed by atoms with Crippen LogP contribution < -0.4 is 4.74 Å².